The maximum absolute atomic E-state index is 14.4. The van der Waals surface area contributed by atoms with Gasteiger partial charge in [0.1, 0.15) is 35.3 Å². The second-order valence-electron chi connectivity index (χ2n) is 10.6. The highest BCUT2D eigenvalue weighted by atomic mass is 16.6. The van der Waals surface area contributed by atoms with Crippen LogP contribution in [0.1, 0.15) is 32.6 Å². The van der Waals surface area contributed by atoms with E-state index < -0.39 is 35.0 Å². The van der Waals surface area contributed by atoms with Crippen molar-refractivity contribution in [1.82, 2.24) is 24.8 Å². The average Bonchev–Trinajstić information content (AvgIpc) is 3.50. The van der Waals surface area contributed by atoms with Crippen molar-refractivity contribution in [2.75, 3.05) is 26.3 Å². The van der Waals surface area contributed by atoms with Gasteiger partial charge in [0.05, 0.1) is 18.0 Å². The van der Waals surface area contributed by atoms with Gasteiger partial charge in [-0.1, -0.05) is 48.6 Å². The molecule has 2 fully saturated rings. The van der Waals surface area contributed by atoms with Crippen LogP contribution in [0.2, 0.25) is 0 Å². The van der Waals surface area contributed by atoms with Crippen molar-refractivity contribution < 1.29 is 29.0 Å². The fraction of sp³-hybridized carbons (Fsp3) is 0.536. The Morgan fingerprint density at radius 1 is 1.08 bits per heavy atom. The van der Waals surface area contributed by atoms with Crippen LogP contribution in [0, 0.1) is 11.8 Å². The van der Waals surface area contributed by atoms with Gasteiger partial charge in [-0.05, 0) is 37.8 Å². The van der Waals surface area contributed by atoms with Gasteiger partial charge >= 0.3 is 5.97 Å². The van der Waals surface area contributed by atoms with Gasteiger partial charge in [-0.15, -0.1) is 5.10 Å². The molecular formula is C28H33N5O6. The normalized spacial score (nSPS) is 32.1. The van der Waals surface area contributed by atoms with Crippen LogP contribution < -0.4 is 0 Å². The quantitative estimate of drug-likeness (QED) is 0.321. The molecule has 0 aliphatic carbocycles. The smallest absolute Gasteiger partial charge is 0.313 e. The van der Waals surface area contributed by atoms with Crippen molar-refractivity contribution in [2.45, 2.75) is 56.5 Å². The van der Waals surface area contributed by atoms with Crippen LogP contribution in [-0.2, 0) is 30.5 Å². The minimum Gasteiger partial charge on any atom is -0.465 e. The first-order chi connectivity index (χ1) is 19.0. The molecule has 0 radical (unpaired) electrons. The SMILES string of the molecule is CC[C@]12C=CCCOC(=O)[C@H]1[C@H]1C(=O)N(CCCCO)C3C(=O)N(Cn4nnc5ccccc54)CC=C[C@@]31O2. The van der Waals surface area contributed by atoms with Crippen LogP contribution in [0.4, 0.5) is 0 Å². The summed E-state index contributed by atoms with van der Waals surface area (Å²) in [5.74, 6) is -2.82. The van der Waals surface area contributed by atoms with Gasteiger partial charge in [-0.2, -0.15) is 0 Å². The molecule has 1 unspecified atom stereocenters. The lowest BCUT2D eigenvalue weighted by molar-refractivity contribution is -0.162. The molecule has 1 aromatic heterocycles. The highest BCUT2D eigenvalue weighted by Gasteiger charge is 2.75. The molecule has 2 amide bonds. The first-order valence-corrected chi connectivity index (χ1v) is 13.7. The van der Waals surface area contributed by atoms with E-state index in [0.29, 0.717) is 25.7 Å². The number of carbonyl (C=O) groups is 3. The van der Waals surface area contributed by atoms with Gasteiger partial charge in [0.2, 0.25) is 5.91 Å². The topological polar surface area (TPSA) is 127 Å². The zero-order chi connectivity index (χ0) is 27.2. The minimum absolute atomic E-state index is 0.0180. The molecule has 2 saturated heterocycles. The number of likely N-dealkylation sites (tertiary alicyclic amines) is 1. The summed E-state index contributed by atoms with van der Waals surface area (Å²) in [4.78, 5) is 45.2. The second kappa shape index (κ2) is 9.87. The highest BCUT2D eigenvalue weighted by molar-refractivity contribution is 5.99. The van der Waals surface area contributed by atoms with Crippen LogP contribution >= 0.6 is 0 Å². The third kappa shape index (κ3) is 3.89. The molecule has 1 aromatic carbocycles. The standard InChI is InChI=1S/C28H33N5O6/c1-2-27-12-5-8-17-38-26(37)22(27)21-24(35)32(15-6-7-16-34)23-25(36)31(14-9-13-28(21,23)39-27)18-33-20-11-4-3-10-19(20)29-30-33/h3-5,9-13,21-23,34H,2,6-8,14-18H2,1H3/t21-,22+,23?,27-,28-/m0/s1. The van der Waals surface area contributed by atoms with E-state index in [0.717, 1.165) is 11.0 Å². The van der Waals surface area contributed by atoms with Gasteiger partial charge in [0, 0.05) is 19.7 Å². The summed E-state index contributed by atoms with van der Waals surface area (Å²) in [5.41, 5.74) is -0.878. The maximum Gasteiger partial charge on any atom is 0.313 e. The summed E-state index contributed by atoms with van der Waals surface area (Å²) in [7, 11) is 0. The molecule has 0 bridgehead atoms. The molecule has 4 aliphatic heterocycles. The molecule has 5 heterocycles. The lowest BCUT2D eigenvalue weighted by Crippen LogP contribution is -2.56. The Balaban J connectivity index is 1.42. The number of fused-ring (bicyclic) bond motifs is 3. The Labute approximate surface area is 226 Å². The molecule has 1 N–H and O–H groups in total. The van der Waals surface area contributed by atoms with Crippen LogP contribution in [-0.4, -0.2) is 91.2 Å². The third-order valence-electron chi connectivity index (χ3n) is 8.52. The summed E-state index contributed by atoms with van der Waals surface area (Å²) in [6.45, 7) is 2.83. The number of cyclic esters (lactones) is 1. The summed E-state index contributed by atoms with van der Waals surface area (Å²) in [6.07, 6.45) is 9.51. The lowest BCUT2D eigenvalue weighted by Gasteiger charge is -2.38. The maximum atomic E-state index is 14.4. The molecule has 39 heavy (non-hydrogen) atoms. The summed E-state index contributed by atoms with van der Waals surface area (Å²) in [6, 6.07) is 6.55. The number of nitrogens with zero attached hydrogens (tertiary/aromatic N) is 5. The zero-order valence-electron chi connectivity index (χ0n) is 21.9. The van der Waals surface area contributed by atoms with E-state index in [4.69, 9.17) is 9.47 Å². The largest absolute Gasteiger partial charge is 0.465 e. The number of aliphatic hydroxyl groups excluding tert-OH is 1. The molecule has 1 spiro atoms. The van der Waals surface area contributed by atoms with Crippen molar-refractivity contribution in [3.05, 3.63) is 48.6 Å². The van der Waals surface area contributed by atoms with Gasteiger partial charge in [-0.3, -0.25) is 14.4 Å². The van der Waals surface area contributed by atoms with Crippen molar-refractivity contribution in [3.8, 4) is 0 Å². The molecular weight excluding hydrogens is 502 g/mol. The highest BCUT2D eigenvalue weighted by Crippen LogP contribution is 2.58. The van der Waals surface area contributed by atoms with Crippen molar-refractivity contribution >= 4 is 28.8 Å². The molecule has 0 saturated carbocycles. The summed E-state index contributed by atoms with van der Waals surface area (Å²) >= 11 is 0. The van der Waals surface area contributed by atoms with E-state index in [9.17, 15) is 19.5 Å². The number of ether oxygens (including phenoxy) is 2. The Morgan fingerprint density at radius 2 is 1.92 bits per heavy atom. The van der Waals surface area contributed by atoms with Gasteiger partial charge in [0.25, 0.3) is 5.91 Å². The number of hydrogen-bond donors (Lipinski definition) is 1. The number of aliphatic hydroxyl groups is 1. The number of rotatable bonds is 7. The molecule has 11 heteroatoms. The van der Waals surface area contributed by atoms with E-state index >= 15 is 0 Å². The van der Waals surface area contributed by atoms with Gasteiger partial charge < -0.3 is 24.4 Å². The summed E-state index contributed by atoms with van der Waals surface area (Å²) < 4.78 is 14.1. The van der Waals surface area contributed by atoms with E-state index in [1.54, 1.807) is 14.5 Å². The number of para-hydroxylation sites is 1. The van der Waals surface area contributed by atoms with Crippen molar-refractivity contribution in [2.24, 2.45) is 11.8 Å². The fourth-order valence-corrected chi connectivity index (χ4v) is 6.72. The number of unbranched alkanes of at least 4 members (excludes halogenated alkanes) is 1. The van der Waals surface area contributed by atoms with E-state index in [1.165, 1.54) is 0 Å². The van der Waals surface area contributed by atoms with Gasteiger partial charge in [0.15, 0.2) is 0 Å². The van der Waals surface area contributed by atoms with Crippen molar-refractivity contribution in [3.63, 3.8) is 0 Å². The van der Waals surface area contributed by atoms with E-state index in [1.807, 2.05) is 55.5 Å². The third-order valence-corrected chi connectivity index (χ3v) is 8.52. The number of esters is 1. The van der Waals surface area contributed by atoms with Gasteiger partial charge in [-0.25, -0.2) is 4.68 Å². The number of benzene rings is 1. The predicted octanol–water partition coefficient (Wildman–Crippen LogP) is 1.42. The monoisotopic (exact) mass is 535 g/mol. The zero-order valence-corrected chi connectivity index (χ0v) is 21.9. The van der Waals surface area contributed by atoms with Crippen LogP contribution in [0.3, 0.4) is 0 Å². The molecule has 5 atom stereocenters. The Morgan fingerprint density at radius 3 is 2.74 bits per heavy atom. The molecule has 6 rings (SSSR count). The minimum atomic E-state index is -1.33. The summed E-state index contributed by atoms with van der Waals surface area (Å²) in [5, 5.41) is 17.8. The Kier molecular flexibility index (Phi) is 6.50. The number of amides is 2. The predicted molar refractivity (Wildman–Crippen MR) is 139 cm³/mol. The first-order valence-electron chi connectivity index (χ1n) is 13.7. The molecule has 11 nitrogen and oxygen atoms in total. The van der Waals surface area contributed by atoms with E-state index in [2.05, 4.69) is 10.3 Å². The van der Waals surface area contributed by atoms with Crippen molar-refractivity contribution in [1.29, 1.82) is 0 Å². The van der Waals surface area contributed by atoms with Crippen LogP contribution in [0.15, 0.2) is 48.6 Å². The molecule has 206 valence electrons. The average molecular weight is 536 g/mol. The van der Waals surface area contributed by atoms with Crippen LogP contribution in [0.25, 0.3) is 11.0 Å². The molecule has 4 aliphatic rings. The number of carbonyl (C=O) groups excluding carboxylic acids is 3. The molecule has 2 aromatic rings. The van der Waals surface area contributed by atoms with Crippen LogP contribution in [0.5, 0.6) is 0 Å². The first kappa shape index (κ1) is 25.7. The van der Waals surface area contributed by atoms with E-state index in [-0.39, 0.29) is 44.8 Å². The Hall–Kier alpha value is -3.57. The Bertz CT molecular complexity index is 1350. The fourth-order valence-electron chi connectivity index (χ4n) is 6.72. The number of hydrogen-bond acceptors (Lipinski definition) is 8. The lowest BCUT2D eigenvalue weighted by atomic mass is 9.73. The number of aromatic nitrogens is 3. The second-order valence-corrected chi connectivity index (χ2v) is 10.6.